The van der Waals surface area contributed by atoms with Crippen LogP contribution in [0, 0.1) is 0 Å². The minimum Gasteiger partial charge on any atom is -0.444 e. The highest BCUT2D eigenvalue weighted by atomic mass is 16.7. The molecular formula is C18H26N4O5. The number of nitrogens with one attached hydrogen (secondary N) is 1. The van der Waals surface area contributed by atoms with Crippen molar-refractivity contribution in [1.29, 1.82) is 0 Å². The lowest BCUT2D eigenvalue weighted by molar-refractivity contribution is -0.146. The second-order valence-corrected chi connectivity index (χ2v) is 6.86. The Morgan fingerprint density at radius 3 is 2.33 bits per heavy atom. The Morgan fingerprint density at radius 1 is 1.15 bits per heavy atom. The summed E-state index contributed by atoms with van der Waals surface area (Å²) in [5.41, 5.74) is 11.0. The molecule has 0 spiro atoms. The molecule has 0 fully saturated rings. The zero-order valence-electron chi connectivity index (χ0n) is 15.7. The average Bonchev–Trinajstić information content (AvgIpc) is 2.55. The van der Waals surface area contributed by atoms with Crippen molar-refractivity contribution < 1.29 is 24.0 Å². The predicted molar refractivity (Wildman–Crippen MR) is 99.4 cm³/mol. The second-order valence-electron chi connectivity index (χ2n) is 6.86. The molecule has 0 aromatic heterocycles. The minimum absolute atomic E-state index is 0.0540. The Hall–Kier alpha value is -3.10. The van der Waals surface area contributed by atoms with Gasteiger partial charge in [-0.2, -0.15) is 0 Å². The molecule has 1 rings (SSSR count). The standard InChI is InChI=1S/C18H26N4O5/c1-18(2,3)26-17(25)21-13(9-10-15(20)23)16(24)27-22-14(19)11-12-7-5-4-6-8-12/h4-8,13H,9-11H2,1-3H3,(H2,19,22)(H2,20,23)(H,21,25)/t13-/m0/s1. The monoisotopic (exact) mass is 378 g/mol. The molecule has 0 aliphatic carbocycles. The van der Waals surface area contributed by atoms with Gasteiger partial charge in [-0.3, -0.25) is 4.79 Å². The van der Waals surface area contributed by atoms with Crippen LogP contribution in [0.1, 0.15) is 39.2 Å². The lowest BCUT2D eigenvalue weighted by atomic mass is 10.1. The van der Waals surface area contributed by atoms with Gasteiger partial charge in [0.2, 0.25) is 5.91 Å². The predicted octanol–water partition coefficient (Wildman–Crippen LogP) is 1.20. The molecule has 0 radical (unpaired) electrons. The first-order valence-corrected chi connectivity index (χ1v) is 8.42. The van der Waals surface area contributed by atoms with Gasteiger partial charge in [-0.1, -0.05) is 35.5 Å². The van der Waals surface area contributed by atoms with Crippen molar-refractivity contribution in [2.45, 2.75) is 51.7 Å². The van der Waals surface area contributed by atoms with E-state index in [0.717, 1.165) is 5.56 Å². The number of oxime groups is 1. The number of hydrogen-bond acceptors (Lipinski definition) is 6. The molecule has 9 nitrogen and oxygen atoms in total. The molecule has 0 aliphatic rings. The summed E-state index contributed by atoms with van der Waals surface area (Å²) in [7, 11) is 0. The number of nitrogens with zero attached hydrogens (tertiary/aromatic N) is 1. The molecule has 9 heteroatoms. The third-order valence-electron chi connectivity index (χ3n) is 3.14. The molecule has 0 saturated carbocycles. The molecule has 1 atom stereocenters. The normalized spacial score (nSPS) is 12.8. The zero-order valence-corrected chi connectivity index (χ0v) is 15.7. The molecular weight excluding hydrogens is 352 g/mol. The van der Waals surface area contributed by atoms with Gasteiger partial charge in [0.05, 0.1) is 0 Å². The van der Waals surface area contributed by atoms with E-state index in [1.165, 1.54) is 0 Å². The van der Waals surface area contributed by atoms with E-state index in [1.54, 1.807) is 20.8 Å². The number of carbonyl (C=O) groups excluding carboxylic acids is 3. The summed E-state index contributed by atoms with van der Waals surface area (Å²) in [4.78, 5) is 39.9. The smallest absolute Gasteiger partial charge is 0.408 e. The highest BCUT2D eigenvalue weighted by Crippen LogP contribution is 2.08. The van der Waals surface area contributed by atoms with Crippen molar-refractivity contribution in [3.05, 3.63) is 35.9 Å². The van der Waals surface area contributed by atoms with Crippen LogP contribution < -0.4 is 16.8 Å². The summed E-state index contributed by atoms with van der Waals surface area (Å²) in [5, 5.41) is 5.93. The number of hydrogen-bond donors (Lipinski definition) is 3. The molecule has 1 aromatic rings. The third-order valence-corrected chi connectivity index (χ3v) is 3.14. The van der Waals surface area contributed by atoms with Gasteiger partial charge < -0.3 is 26.4 Å². The molecule has 0 aliphatic heterocycles. The fraction of sp³-hybridized carbons (Fsp3) is 0.444. The van der Waals surface area contributed by atoms with Crippen LogP contribution >= 0.6 is 0 Å². The van der Waals surface area contributed by atoms with E-state index in [0.29, 0.717) is 6.42 Å². The van der Waals surface area contributed by atoms with Crippen molar-refractivity contribution in [2.24, 2.45) is 16.6 Å². The van der Waals surface area contributed by atoms with Crippen molar-refractivity contribution in [3.63, 3.8) is 0 Å². The minimum atomic E-state index is -1.15. The van der Waals surface area contributed by atoms with Gasteiger partial charge in [-0.15, -0.1) is 0 Å². The number of ether oxygens (including phenoxy) is 1. The number of nitrogens with two attached hydrogens (primary N) is 2. The van der Waals surface area contributed by atoms with Crippen LogP contribution in [-0.2, 0) is 25.6 Å². The summed E-state index contributed by atoms with van der Waals surface area (Å²) in [5.74, 6) is -1.41. The average molecular weight is 378 g/mol. The first-order valence-electron chi connectivity index (χ1n) is 8.42. The van der Waals surface area contributed by atoms with Gasteiger partial charge in [-0.05, 0) is 32.8 Å². The Morgan fingerprint density at radius 2 is 1.78 bits per heavy atom. The van der Waals surface area contributed by atoms with Gasteiger partial charge in [-0.25, -0.2) is 9.59 Å². The second kappa shape index (κ2) is 10.1. The Labute approximate surface area is 158 Å². The number of amidine groups is 1. The van der Waals surface area contributed by atoms with E-state index in [9.17, 15) is 14.4 Å². The lowest BCUT2D eigenvalue weighted by Gasteiger charge is -2.22. The first-order chi connectivity index (χ1) is 12.6. The molecule has 0 bridgehead atoms. The van der Waals surface area contributed by atoms with Crippen LogP contribution in [-0.4, -0.2) is 35.4 Å². The molecule has 1 aromatic carbocycles. The van der Waals surface area contributed by atoms with E-state index >= 15 is 0 Å². The largest absolute Gasteiger partial charge is 0.444 e. The van der Waals surface area contributed by atoms with E-state index < -0.39 is 29.6 Å². The number of benzene rings is 1. The Balaban J connectivity index is 2.69. The molecule has 0 heterocycles. The number of primary amides is 1. The Kier molecular flexibility index (Phi) is 8.25. The first kappa shape index (κ1) is 21.9. The van der Waals surface area contributed by atoms with Gasteiger partial charge in [0.1, 0.15) is 17.5 Å². The molecule has 27 heavy (non-hydrogen) atoms. The van der Waals surface area contributed by atoms with Gasteiger partial charge in [0.15, 0.2) is 0 Å². The van der Waals surface area contributed by atoms with Crippen LogP contribution in [0.2, 0.25) is 0 Å². The summed E-state index contributed by atoms with van der Waals surface area (Å²) in [6.07, 6.45) is -0.713. The van der Waals surface area contributed by atoms with E-state index in [-0.39, 0.29) is 18.7 Å². The number of carbonyl (C=O) groups is 3. The van der Waals surface area contributed by atoms with Crippen LogP contribution in [0.3, 0.4) is 0 Å². The van der Waals surface area contributed by atoms with Crippen LogP contribution in [0.15, 0.2) is 35.5 Å². The summed E-state index contributed by atoms with van der Waals surface area (Å²) in [6.45, 7) is 5.04. The highest BCUT2D eigenvalue weighted by Gasteiger charge is 2.26. The van der Waals surface area contributed by atoms with Crippen molar-refractivity contribution >= 4 is 23.8 Å². The molecule has 5 N–H and O–H groups in total. The highest BCUT2D eigenvalue weighted by molar-refractivity contribution is 5.85. The lowest BCUT2D eigenvalue weighted by Crippen LogP contribution is -2.44. The number of rotatable bonds is 8. The fourth-order valence-corrected chi connectivity index (χ4v) is 1.99. The van der Waals surface area contributed by atoms with E-state index in [4.69, 9.17) is 21.0 Å². The molecule has 0 unspecified atom stereocenters. The summed E-state index contributed by atoms with van der Waals surface area (Å²) < 4.78 is 5.10. The van der Waals surface area contributed by atoms with Gasteiger partial charge in [0, 0.05) is 12.8 Å². The van der Waals surface area contributed by atoms with Gasteiger partial charge >= 0.3 is 12.1 Å². The molecule has 0 saturated heterocycles. The maximum absolute atomic E-state index is 12.2. The number of alkyl carbamates (subject to hydrolysis) is 1. The third kappa shape index (κ3) is 9.83. The van der Waals surface area contributed by atoms with Gasteiger partial charge in [0.25, 0.3) is 0 Å². The summed E-state index contributed by atoms with van der Waals surface area (Å²) in [6, 6.07) is 8.11. The quantitative estimate of drug-likeness (QED) is 0.268. The topological polar surface area (TPSA) is 146 Å². The fourth-order valence-electron chi connectivity index (χ4n) is 1.99. The van der Waals surface area contributed by atoms with Crippen molar-refractivity contribution in [2.75, 3.05) is 0 Å². The Bertz CT molecular complexity index is 683. The van der Waals surface area contributed by atoms with Crippen LogP contribution in [0.4, 0.5) is 4.79 Å². The van der Waals surface area contributed by atoms with Crippen molar-refractivity contribution in [3.8, 4) is 0 Å². The maximum Gasteiger partial charge on any atom is 0.408 e. The maximum atomic E-state index is 12.2. The van der Waals surface area contributed by atoms with Crippen LogP contribution in [0.25, 0.3) is 0 Å². The zero-order chi connectivity index (χ0) is 20.4. The van der Waals surface area contributed by atoms with E-state index in [2.05, 4.69) is 10.5 Å². The molecule has 2 amide bonds. The molecule has 148 valence electrons. The van der Waals surface area contributed by atoms with Crippen molar-refractivity contribution in [1.82, 2.24) is 5.32 Å². The van der Waals surface area contributed by atoms with Crippen LogP contribution in [0.5, 0.6) is 0 Å². The summed E-state index contributed by atoms with van der Waals surface area (Å²) >= 11 is 0. The number of amides is 2. The van der Waals surface area contributed by atoms with E-state index in [1.807, 2.05) is 30.3 Å². The SMILES string of the molecule is CC(C)(C)OC(=O)N[C@@H](CCC(N)=O)C(=O)O/N=C(\N)Cc1ccccc1.